The molecule has 0 amide bonds. The lowest BCUT2D eigenvalue weighted by Gasteiger charge is -2.10. The molecule has 0 aromatic carbocycles. The number of aromatic nitrogens is 3. The van der Waals surface area contributed by atoms with Crippen molar-refractivity contribution in [2.45, 2.75) is 32.7 Å². The Morgan fingerprint density at radius 2 is 2.16 bits per heavy atom. The summed E-state index contributed by atoms with van der Waals surface area (Å²) in [5.74, 6) is -0.0222. The second-order valence-corrected chi connectivity index (χ2v) is 5.45. The number of hydrogen-bond acceptors (Lipinski definition) is 2. The average Bonchev–Trinajstić information content (AvgIpc) is 2.87. The lowest BCUT2D eigenvalue weighted by atomic mass is 10.1. The molecule has 19 heavy (non-hydrogen) atoms. The average molecular weight is 280 g/mol. The second kappa shape index (κ2) is 5.21. The van der Waals surface area contributed by atoms with Gasteiger partial charge in [0, 0.05) is 30.2 Å². The Morgan fingerprint density at radius 3 is 2.68 bits per heavy atom. The first-order valence-electron chi connectivity index (χ1n) is 6.23. The Hall–Kier alpha value is -1.55. The van der Waals surface area contributed by atoms with E-state index in [9.17, 15) is 4.79 Å². The van der Waals surface area contributed by atoms with Gasteiger partial charge in [-0.2, -0.15) is 5.10 Å². The van der Waals surface area contributed by atoms with Gasteiger partial charge in [-0.3, -0.25) is 9.48 Å². The van der Waals surface area contributed by atoms with Crippen molar-refractivity contribution in [1.82, 2.24) is 14.3 Å². The van der Waals surface area contributed by atoms with Gasteiger partial charge >= 0.3 is 0 Å². The molecule has 0 N–H and O–H groups in total. The first-order chi connectivity index (χ1) is 8.91. The summed E-state index contributed by atoms with van der Waals surface area (Å²) in [6.45, 7) is 6.37. The molecule has 102 valence electrons. The number of ketones is 1. The molecule has 2 aromatic heterocycles. The molecular weight excluding hydrogens is 262 g/mol. The van der Waals surface area contributed by atoms with E-state index in [1.54, 1.807) is 13.1 Å². The SMILES string of the molecule is Cc1cc(C(=O)C(C)Cl)c(C)n1Cc1ccnn1C. The lowest BCUT2D eigenvalue weighted by molar-refractivity contribution is 0.0991. The molecule has 0 bridgehead atoms. The van der Waals surface area contributed by atoms with Gasteiger partial charge < -0.3 is 4.57 Å². The number of rotatable bonds is 4. The maximum Gasteiger partial charge on any atom is 0.182 e. The molecule has 1 atom stereocenters. The maximum absolute atomic E-state index is 12.0. The third kappa shape index (κ3) is 2.59. The maximum atomic E-state index is 12.0. The van der Waals surface area contributed by atoms with Gasteiger partial charge in [0.25, 0.3) is 0 Å². The molecular formula is C14H18ClN3O. The van der Waals surface area contributed by atoms with Gasteiger partial charge in [-0.05, 0) is 32.9 Å². The molecule has 0 aliphatic carbocycles. The van der Waals surface area contributed by atoms with Crippen molar-refractivity contribution in [3.05, 3.63) is 41.0 Å². The Bertz CT molecular complexity index is 610. The molecule has 2 rings (SSSR count). The van der Waals surface area contributed by atoms with Crippen LogP contribution in [-0.4, -0.2) is 25.5 Å². The Balaban J connectivity index is 2.37. The van der Waals surface area contributed by atoms with Crippen LogP contribution in [0.25, 0.3) is 0 Å². The molecule has 0 saturated carbocycles. The molecule has 2 heterocycles. The van der Waals surface area contributed by atoms with Crippen molar-refractivity contribution in [3.8, 4) is 0 Å². The third-order valence-electron chi connectivity index (χ3n) is 3.44. The quantitative estimate of drug-likeness (QED) is 0.638. The fourth-order valence-corrected chi connectivity index (χ4v) is 2.34. The fraction of sp³-hybridized carbons (Fsp3) is 0.429. The minimum Gasteiger partial charge on any atom is -0.343 e. The standard InChI is InChI=1S/C14H18ClN3O/c1-9-7-13(14(19)10(2)15)11(3)18(9)8-12-5-6-16-17(12)4/h5-7,10H,8H2,1-4H3. The summed E-state index contributed by atoms with van der Waals surface area (Å²) in [5, 5.41) is 3.66. The highest BCUT2D eigenvalue weighted by Gasteiger charge is 2.19. The van der Waals surface area contributed by atoms with Crippen molar-refractivity contribution in [1.29, 1.82) is 0 Å². The van der Waals surface area contributed by atoms with E-state index in [1.165, 1.54) is 0 Å². The van der Waals surface area contributed by atoms with E-state index < -0.39 is 5.38 Å². The van der Waals surface area contributed by atoms with Gasteiger partial charge in [0.2, 0.25) is 0 Å². The van der Waals surface area contributed by atoms with Crippen molar-refractivity contribution < 1.29 is 4.79 Å². The van der Waals surface area contributed by atoms with E-state index in [1.807, 2.05) is 37.7 Å². The Kier molecular flexibility index (Phi) is 3.80. The molecule has 5 heteroatoms. The zero-order chi connectivity index (χ0) is 14.2. The topological polar surface area (TPSA) is 39.8 Å². The van der Waals surface area contributed by atoms with E-state index in [0.29, 0.717) is 12.1 Å². The first kappa shape index (κ1) is 13.9. The summed E-state index contributed by atoms with van der Waals surface area (Å²) < 4.78 is 3.95. The molecule has 1 unspecified atom stereocenters. The van der Waals surface area contributed by atoms with Gasteiger partial charge in [0.05, 0.1) is 17.6 Å². The Labute approximate surface area is 118 Å². The van der Waals surface area contributed by atoms with Crippen molar-refractivity contribution in [2.75, 3.05) is 0 Å². The van der Waals surface area contributed by atoms with E-state index >= 15 is 0 Å². The molecule has 2 aromatic rings. The van der Waals surface area contributed by atoms with Crippen LogP contribution in [0.3, 0.4) is 0 Å². The van der Waals surface area contributed by atoms with Crippen molar-refractivity contribution in [3.63, 3.8) is 0 Å². The smallest absolute Gasteiger partial charge is 0.182 e. The molecule has 0 spiro atoms. The monoisotopic (exact) mass is 279 g/mol. The Morgan fingerprint density at radius 1 is 1.47 bits per heavy atom. The van der Waals surface area contributed by atoms with Crippen molar-refractivity contribution in [2.24, 2.45) is 7.05 Å². The summed E-state index contributed by atoms with van der Waals surface area (Å²) >= 11 is 5.89. The molecule has 0 saturated heterocycles. The normalized spacial score (nSPS) is 12.7. The molecule has 4 nitrogen and oxygen atoms in total. The van der Waals surface area contributed by atoms with Crippen LogP contribution in [0.5, 0.6) is 0 Å². The zero-order valence-electron chi connectivity index (χ0n) is 11.6. The number of alkyl halides is 1. The fourth-order valence-electron chi connectivity index (χ4n) is 2.23. The second-order valence-electron chi connectivity index (χ2n) is 4.80. The number of carbonyl (C=O) groups excluding carboxylic acids is 1. The predicted molar refractivity (Wildman–Crippen MR) is 75.9 cm³/mol. The number of hydrogen-bond donors (Lipinski definition) is 0. The molecule has 0 aliphatic heterocycles. The van der Waals surface area contributed by atoms with E-state index in [0.717, 1.165) is 17.1 Å². The molecule has 0 aliphatic rings. The third-order valence-corrected chi connectivity index (χ3v) is 3.64. The minimum atomic E-state index is -0.495. The highest BCUT2D eigenvalue weighted by atomic mass is 35.5. The number of carbonyl (C=O) groups is 1. The van der Waals surface area contributed by atoms with Gasteiger partial charge in [0.1, 0.15) is 0 Å². The van der Waals surface area contributed by atoms with Crippen LogP contribution in [0.4, 0.5) is 0 Å². The van der Waals surface area contributed by atoms with E-state index in [-0.39, 0.29) is 5.78 Å². The van der Waals surface area contributed by atoms with Crippen LogP contribution in [0, 0.1) is 13.8 Å². The van der Waals surface area contributed by atoms with Gasteiger partial charge in [-0.25, -0.2) is 0 Å². The van der Waals surface area contributed by atoms with Crippen molar-refractivity contribution >= 4 is 17.4 Å². The predicted octanol–water partition coefficient (Wildman–Crippen LogP) is 2.70. The summed E-state index contributed by atoms with van der Waals surface area (Å²) in [4.78, 5) is 12.0. The van der Waals surface area contributed by atoms with E-state index in [4.69, 9.17) is 11.6 Å². The van der Waals surface area contributed by atoms with Crippen LogP contribution in [0.15, 0.2) is 18.3 Å². The summed E-state index contributed by atoms with van der Waals surface area (Å²) in [7, 11) is 1.91. The van der Waals surface area contributed by atoms with Gasteiger partial charge in [-0.15, -0.1) is 11.6 Å². The van der Waals surface area contributed by atoms with Crippen LogP contribution < -0.4 is 0 Å². The number of halogens is 1. The van der Waals surface area contributed by atoms with Gasteiger partial charge in [-0.1, -0.05) is 0 Å². The van der Waals surface area contributed by atoms with Crippen LogP contribution >= 0.6 is 11.6 Å². The van der Waals surface area contributed by atoms with Crippen LogP contribution in [0.2, 0.25) is 0 Å². The summed E-state index contributed by atoms with van der Waals surface area (Å²) in [5.41, 5.74) is 3.82. The molecule has 0 radical (unpaired) electrons. The van der Waals surface area contributed by atoms with Crippen LogP contribution in [0.1, 0.15) is 34.4 Å². The minimum absolute atomic E-state index is 0.0222. The largest absolute Gasteiger partial charge is 0.343 e. The highest BCUT2D eigenvalue weighted by molar-refractivity contribution is 6.33. The summed E-state index contributed by atoms with van der Waals surface area (Å²) in [6.07, 6.45) is 1.77. The number of nitrogens with zero attached hydrogens (tertiary/aromatic N) is 3. The zero-order valence-corrected chi connectivity index (χ0v) is 12.4. The number of Topliss-reactive ketones (excluding diaryl/α,β-unsaturated/α-hetero) is 1. The number of aryl methyl sites for hydroxylation is 2. The lowest BCUT2D eigenvalue weighted by Crippen LogP contribution is -2.13. The summed E-state index contributed by atoms with van der Waals surface area (Å²) in [6, 6.07) is 3.89. The highest BCUT2D eigenvalue weighted by Crippen LogP contribution is 2.19. The van der Waals surface area contributed by atoms with Gasteiger partial charge in [0.15, 0.2) is 5.78 Å². The van der Waals surface area contributed by atoms with Crippen LogP contribution in [-0.2, 0) is 13.6 Å². The van der Waals surface area contributed by atoms with E-state index in [2.05, 4.69) is 9.67 Å². The molecule has 0 fully saturated rings. The first-order valence-corrected chi connectivity index (χ1v) is 6.67.